The van der Waals surface area contributed by atoms with E-state index in [-0.39, 0.29) is 0 Å². The molecule has 0 saturated heterocycles. The van der Waals surface area contributed by atoms with Crippen molar-refractivity contribution in [3.8, 4) is 67.1 Å². The Bertz CT molecular complexity index is 3470. The van der Waals surface area contributed by atoms with E-state index in [1.165, 1.54) is 111 Å². The number of ether oxygens (including phenoxy) is 1. The predicted octanol–water partition coefficient (Wildman–Crippen LogP) is 15.0. The summed E-state index contributed by atoms with van der Waals surface area (Å²) >= 11 is 0. The van der Waals surface area contributed by atoms with E-state index >= 15 is 0 Å². The van der Waals surface area contributed by atoms with Gasteiger partial charge < -0.3 is 4.74 Å². The van der Waals surface area contributed by atoms with Crippen LogP contribution in [0.25, 0.3) is 66.4 Å². The monoisotopic (exact) mass is 772 g/mol. The highest BCUT2D eigenvalue weighted by Gasteiger charge is 2.52. The summed E-state index contributed by atoms with van der Waals surface area (Å²) < 4.78 is 6.73. The normalized spacial score (nSPS) is 16.2. The summed E-state index contributed by atoms with van der Waals surface area (Å²) in [5.41, 5.74) is 22.0. The third kappa shape index (κ3) is 4.11. The maximum absolute atomic E-state index is 6.73. The van der Waals surface area contributed by atoms with Gasteiger partial charge in [0, 0.05) is 11.1 Å². The molecular formula is C60H36O. The average Bonchev–Trinajstić information content (AvgIpc) is 3.79. The van der Waals surface area contributed by atoms with Gasteiger partial charge >= 0.3 is 0 Å². The minimum absolute atomic E-state index is 0.441. The van der Waals surface area contributed by atoms with Crippen LogP contribution in [0.2, 0.25) is 0 Å². The summed E-state index contributed by atoms with van der Waals surface area (Å²) in [5.74, 6) is 1.82. The minimum Gasteiger partial charge on any atom is -0.457 e. The van der Waals surface area contributed by atoms with E-state index in [4.69, 9.17) is 4.74 Å². The first kappa shape index (κ1) is 33.1. The van der Waals surface area contributed by atoms with Crippen molar-refractivity contribution in [3.63, 3.8) is 0 Å². The molecule has 1 atom stereocenters. The number of rotatable bonds is 2. The zero-order valence-electron chi connectivity index (χ0n) is 33.2. The van der Waals surface area contributed by atoms with Crippen LogP contribution in [0, 0.1) is 0 Å². The van der Waals surface area contributed by atoms with E-state index < -0.39 is 10.8 Å². The maximum atomic E-state index is 6.73. The first-order valence-electron chi connectivity index (χ1n) is 21.3. The van der Waals surface area contributed by atoms with Crippen molar-refractivity contribution in [1.29, 1.82) is 0 Å². The predicted molar refractivity (Wildman–Crippen MR) is 248 cm³/mol. The number of benzene rings is 10. The zero-order valence-corrected chi connectivity index (χ0v) is 33.2. The maximum Gasteiger partial charge on any atom is 0.132 e. The molecule has 4 aliphatic rings. The van der Waals surface area contributed by atoms with Gasteiger partial charge in [0.1, 0.15) is 11.5 Å². The van der Waals surface area contributed by atoms with Crippen LogP contribution in [0.15, 0.2) is 218 Å². The van der Waals surface area contributed by atoms with Gasteiger partial charge in [-0.3, -0.25) is 0 Å². The molecule has 3 aliphatic carbocycles. The van der Waals surface area contributed by atoms with Crippen molar-refractivity contribution in [2.75, 3.05) is 0 Å². The third-order valence-corrected chi connectivity index (χ3v) is 14.4. The lowest BCUT2D eigenvalue weighted by molar-refractivity contribution is 0.436. The quantitative estimate of drug-likeness (QED) is 0.170. The Morgan fingerprint density at radius 3 is 1.25 bits per heavy atom. The molecule has 0 bridgehead atoms. The molecule has 282 valence electrons. The molecule has 2 spiro atoms. The van der Waals surface area contributed by atoms with Gasteiger partial charge in [0.05, 0.1) is 10.8 Å². The van der Waals surface area contributed by atoms with Crippen LogP contribution in [0.4, 0.5) is 0 Å². The second kappa shape index (κ2) is 11.9. The van der Waals surface area contributed by atoms with Gasteiger partial charge in [0.25, 0.3) is 0 Å². The van der Waals surface area contributed by atoms with E-state index in [0.717, 1.165) is 11.5 Å². The largest absolute Gasteiger partial charge is 0.457 e. The molecule has 10 aromatic carbocycles. The summed E-state index contributed by atoms with van der Waals surface area (Å²) in [7, 11) is 0. The third-order valence-electron chi connectivity index (χ3n) is 14.4. The number of hydrogen-bond acceptors (Lipinski definition) is 1. The van der Waals surface area contributed by atoms with Gasteiger partial charge in [-0.2, -0.15) is 0 Å². The Morgan fingerprint density at radius 2 is 0.639 bits per heavy atom. The minimum atomic E-state index is -0.492. The van der Waals surface area contributed by atoms with Crippen molar-refractivity contribution in [3.05, 3.63) is 263 Å². The Hall–Kier alpha value is -7.74. The van der Waals surface area contributed by atoms with Gasteiger partial charge in [-0.25, -0.2) is 0 Å². The lowest BCUT2D eigenvalue weighted by atomic mass is 9.61. The van der Waals surface area contributed by atoms with E-state index in [1.807, 2.05) is 0 Å². The van der Waals surface area contributed by atoms with E-state index in [1.54, 1.807) is 0 Å². The van der Waals surface area contributed by atoms with Crippen molar-refractivity contribution in [1.82, 2.24) is 0 Å². The highest BCUT2D eigenvalue weighted by Crippen LogP contribution is 2.64. The molecule has 0 radical (unpaired) electrons. The Balaban J connectivity index is 0.925. The average molecular weight is 773 g/mol. The molecule has 61 heavy (non-hydrogen) atoms. The fourth-order valence-corrected chi connectivity index (χ4v) is 12.0. The number of para-hydroxylation sites is 1. The Labute approximate surface area is 354 Å². The zero-order chi connectivity index (χ0) is 39.9. The fourth-order valence-electron chi connectivity index (χ4n) is 12.0. The van der Waals surface area contributed by atoms with Gasteiger partial charge in [0.2, 0.25) is 0 Å². The van der Waals surface area contributed by atoms with E-state index in [0.29, 0.717) is 0 Å². The molecule has 1 heterocycles. The topological polar surface area (TPSA) is 9.23 Å². The van der Waals surface area contributed by atoms with Gasteiger partial charge in [0.15, 0.2) is 0 Å². The van der Waals surface area contributed by atoms with E-state index in [9.17, 15) is 0 Å². The molecule has 0 amide bonds. The summed E-state index contributed by atoms with van der Waals surface area (Å²) in [5, 5.41) is 2.64. The Morgan fingerprint density at radius 1 is 0.246 bits per heavy atom. The molecule has 1 aliphatic heterocycles. The highest BCUT2D eigenvalue weighted by atomic mass is 16.5. The van der Waals surface area contributed by atoms with Crippen LogP contribution in [0.5, 0.6) is 11.5 Å². The standard InChI is InChI=1S/C60H36O/c1-5-20-48-42(15-1)43-16-2-6-21-49(43)59(48)52-24-9-10-26-56(52)61-57-34-32-41(36-55(57)59)38-29-27-37(28-30-38)40-31-33-46-44-17-3-7-22-50(44)60(54(46)35-40)51-23-8-4-18-45(51)47-19-11-13-39-14-12-25-53(60)58(39)47/h1-36H. The lowest BCUT2D eigenvalue weighted by Gasteiger charge is -2.40. The first-order chi connectivity index (χ1) is 30.2. The van der Waals surface area contributed by atoms with Gasteiger partial charge in [-0.1, -0.05) is 194 Å². The first-order valence-corrected chi connectivity index (χ1v) is 21.3. The van der Waals surface area contributed by atoms with Crippen molar-refractivity contribution >= 4 is 10.8 Å². The molecule has 0 saturated carbocycles. The fraction of sp³-hybridized carbons (Fsp3) is 0.0333. The summed E-state index contributed by atoms with van der Waals surface area (Å²) in [6.45, 7) is 0. The van der Waals surface area contributed by atoms with Crippen molar-refractivity contribution < 1.29 is 4.74 Å². The second-order valence-electron chi connectivity index (χ2n) is 17.0. The van der Waals surface area contributed by atoms with Crippen molar-refractivity contribution in [2.45, 2.75) is 10.8 Å². The molecule has 14 rings (SSSR count). The van der Waals surface area contributed by atoms with Crippen LogP contribution in [0.3, 0.4) is 0 Å². The molecule has 1 heteroatoms. The van der Waals surface area contributed by atoms with Crippen LogP contribution < -0.4 is 4.74 Å². The molecule has 1 nitrogen and oxygen atoms in total. The molecular weight excluding hydrogens is 737 g/mol. The van der Waals surface area contributed by atoms with Gasteiger partial charge in [-0.15, -0.1) is 0 Å². The molecule has 10 aromatic rings. The lowest BCUT2D eigenvalue weighted by Crippen LogP contribution is -2.32. The van der Waals surface area contributed by atoms with Crippen LogP contribution in [0.1, 0.15) is 44.5 Å². The summed E-state index contributed by atoms with van der Waals surface area (Å²) in [6.07, 6.45) is 0. The Kier molecular flexibility index (Phi) is 6.48. The van der Waals surface area contributed by atoms with Crippen LogP contribution in [-0.4, -0.2) is 0 Å². The summed E-state index contributed by atoms with van der Waals surface area (Å²) in [6, 6.07) is 81.4. The molecule has 1 unspecified atom stereocenters. The van der Waals surface area contributed by atoms with Crippen LogP contribution in [-0.2, 0) is 10.8 Å². The van der Waals surface area contributed by atoms with E-state index in [2.05, 4.69) is 218 Å². The van der Waals surface area contributed by atoms with Crippen LogP contribution >= 0.6 is 0 Å². The summed E-state index contributed by atoms with van der Waals surface area (Å²) in [4.78, 5) is 0. The molecule has 0 N–H and O–H groups in total. The second-order valence-corrected chi connectivity index (χ2v) is 17.0. The highest BCUT2D eigenvalue weighted by molar-refractivity contribution is 6.07. The smallest absolute Gasteiger partial charge is 0.132 e. The number of fused-ring (bicyclic) bond motifs is 18. The number of hydrogen-bond donors (Lipinski definition) is 0. The molecule has 0 fully saturated rings. The van der Waals surface area contributed by atoms with Crippen molar-refractivity contribution in [2.24, 2.45) is 0 Å². The van der Waals surface area contributed by atoms with Gasteiger partial charge in [-0.05, 0) is 124 Å². The SMILES string of the molecule is c1ccc2c(c1)Oc1ccc(-c3ccc(-c4ccc5c(c4)C4(c6ccccc6-5)c5ccccc5-c5cccc6cccc4c56)cc3)cc1C21c2ccccc2-c2ccccc21. The molecule has 0 aromatic heterocycles.